The van der Waals surface area contributed by atoms with E-state index < -0.39 is 5.92 Å². The van der Waals surface area contributed by atoms with Crippen LogP contribution in [-0.2, 0) is 9.59 Å². The molecule has 1 aliphatic heterocycles. The van der Waals surface area contributed by atoms with Crippen molar-refractivity contribution in [1.29, 1.82) is 0 Å². The van der Waals surface area contributed by atoms with Crippen LogP contribution >= 0.6 is 11.6 Å². The third kappa shape index (κ3) is 4.17. The lowest BCUT2D eigenvalue weighted by Gasteiger charge is -2.19. The molecule has 6 nitrogen and oxygen atoms in total. The Morgan fingerprint density at radius 2 is 2.04 bits per heavy atom. The molecule has 0 bridgehead atoms. The molecule has 2 aromatic rings. The Morgan fingerprint density at radius 1 is 1.26 bits per heavy atom. The third-order valence-corrected chi connectivity index (χ3v) is 4.61. The zero-order chi connectivity index (χ0) is 19.4. The predicted octanol–water partition coefficient (Wildman–Crippen LogP) is 3.74. The van der Waals surface area contributed by atoms with Crippen LogP contribution in [0.5, 0.6) is 11.5 Å². The zero-order valence-electron chi connectivity index (χ0n) is 15.2. The maximum atomic E-state index is 12.7. The molecule has 2 aromatic carbocycles. The fraction of sp³-hybridized carbons (Fsp3) is 0.300. The Morgan fingerprint density at radius 3 is 2.78 bits per heavy atom. The summed E-state index contributed by atoms with van der Waals surface area (Å²) in [6, 6.07) is 12.3. The van der Waals surface area contributed by atoms with Gasteiger partial charge in [0.2, 0.25) is 11.8 Å². The molecule has 1 atom stereocenters. The van der Waals surface area contributed by atoms with E-state index in [1.165, 1.54) is 0 Å². The fourth-order valence-corrected chi connectivity index (χ4v) is 3.26. The number of anilines is 2. The second kappa shape index (κ2) is 8.31. The number of hydrogen-bond acceptors (Lipinski definition) is 4. The molecular weight excluding hydrogens is 368 g/mol. The molecule has 2 amide bonds. The number of rotatable bonds is 6. The highest BCUT2D eigenvalue weighted by Gasteiger charge is 2.36. The lowest BCUT2D eigenvalue weighted by atomic mass is 10.1. The Hall–Kier alpha value is -2.73. The molecule has 7 heteroatoms. The van der Waals surface area contributed by atoms with Gasteiger partial charge < -0.3 is 19.7 Å². The molecule has 1 saturated heterocycles. The topological polar surface area (TPSA) is 67.9 Å². The molecule has 1 N–H and O–H groups in total. The average molecular weight is 389 g/mol. The molecule has 0 saturated carbocycles. The van der Waals surface area contributed by atoms with Gasteiger partial charge in [-0.15, -0.1) is 0 Å². The van der Waals surface area contributed by atoms with Crippen LogP contribution in [0.15, 0.2) is 42.5 Å². The van der Waals surface area contributed by atoms with Crippen LogP contribution in [0.3, 0.4) is 0 Å². The summed E-state index contributed by atoms with van der Waals surface area (Å²) in [5.74, 6) is 0.303. The monoisotopic (exact) mass is 388 g/mol. The first-order chi connectivity index (χ1) is 13.0. The van der Waals surface area contributed by atoms with Gasteiger partial charge in [-0.2, -0.15) is 0 Å². The summed E-state index contributed by atoms with van der Waals surface area (Å²) in [5.41, 5.74) is 1.16. The number of nitrogens with zero attached hydrogens (tertiary/aromatic N) is 1. The highest BCUT2D eigenvalue weighted by Crippen LogP contribution is 2.34. The number of benzene rings is 2. The molecule has 1 aliphatic rings. The van der Waals surface area contributed by atoms with Crippen molar-refractivity contribution in [2.24, 2.45) is 5.92 Å². The predicted molar refractivity (Wildman–Crippen MR) is 105 cm³/mol. The summed E-state index contributed by atoms with van der Waals surface area (Å²) in [5, 5.41) is 3.33. The number of methoxy groups -OCH3 is 1. The standard InChI is InChI=1S/C20H21ClN2O4/c1-3-27-17-9-8-14(21)11-15(17)22-20(25)13-10-19(24)23(12-13)16-6-4-5-7-18(16)26-2/h4-9,11,13H,3,10,12H2,1-2H3,(H,22,25). The molecule has 1 unspecified atom stereocenters. The van der Waals surface area contributed by atoms with Crippen LogP contribution < -0.4 is 19.7 Å². The number of amides is 2. The van der Waals surface area contributed by atoms with Crippen molar-refractivity contribution >= 4 is 34.8 Å². The Balaban J connectivity index is 1.76. The van der Waals surface area contributed by atoms with E-state index >= 15 is 0 Å². The maximum absolute atomic E-state index is 12.7. The van der Waals surface area contributed by atoms with Crippen LogP contribution in [0.4, 0.5) is 11.4 Å². The van der Waals surface area contributed by atoms with Gasteiger partial charge in [-0.05, 0) is 37.3 Å². The van der Waals surface area contributed by atoms with Gasteiger partial charge in [0.25, 0.3) is 0 Å². The van der Waals surface area contributed by atoms with Crippen molar-refractivity contribution in [3.8, 4) is 11.5 Å². The number of halogens is 1. The van der Waals surface area contributed by atoms with Crippen LogP contribution in [0.25, 0.3) is 0 Å². The number of hydrogen-bond donors (Lipinski definition) is 1. The molecule has 27 heavy (non-hydrogen) atoms. The Labute approximate surface area is 163 Å². The number of ether oxygens (including phenoxy) is 2. The minimum atomic E-state index is -0.476. The van der Waals surface area contributed by atoms with Gasteiger partial charge in [-0.3, -0.25) is 9.59 Å². The average Bonchev–Trinajstić information content (AvgIpc) is 3.05. The van der Waals surface area contributed by atoms with Gasteiger partial charge in [-0.25, -0.2) is 0 Å². The SMILES string of the molecule is CCOc1ccc(Cl)cc1NC(=O)C1CC(=O)N(c2ccccc2OC)C1. The number of carbonyl (C=O) groups excluding carboxylic acids is 2. The molecule has 1 heterocycles. The smallest absolute Gasteiger partial charge is 0.229 e. The molecule has 0 spiro atoms. The molecule has 0 aliphatic carbocycles. The lowest BCUT2D eigenvalue weighted by Crippen LogP contribution is -2.28. The molecule has 1 fully saturated rings. The van der Waals surface area contributed by atoms with Crippen molar-refractivity contribution in [1.82, 2.24) is 0 Å². The normalized spacial score (nSPS) is 16.3. The highest BCUT2D eigenvalue weighted by atomic mass is 35.5. The van der Waals surface area contributed by atoms with Crippen LogP contribution in [-0.4, -0.2) is 32.1 Å². The van der Waals surface area contributed by atoms with E-state index in [9.17, 15) is 9.59 Å². The first kappa shape index (κ1) is 19.0. The molecule has 0 aromatic heterocycles. The lowest BCUT2D eigenvalue weighted by molar-refractivity contribution is -0.122. The van der Waals surface area contributed by atoms with Gasteiger partial charge in [0.05, 0.1) is 31.0 Å². The van der Waals surface area contributed by atoms with Crippen molar-refractivity contribution in [2.45, 2.75) is 13.3 Å². The van der Waals surface area contributed by atoms with Crippen LogP contribution in [0.1, 0.15) is 13.3 Å². The minimum Gasteiger partial charge on any atom is -0.495 e. The summed E-state index contributed by atoms with van der Waals surface area (Å²) in [6.45, 7) is 2.62. The first-order valence-electron chi connectivity index (χ1n) is 8.70. The molecular formula is C20H21ClN2O4. The number of para-hydroxylation sites is 2. The van der Waals surface area contributed by atoms with Gasteiger partial charge in [0.15, 0.2) is 0 Å². The summed E-state index contributed by atoms with van der Waals surface area (Å²) in [4.78, 5) is 26.8. The van der Waals surface area contributed by atoms with Crippen molar-refractivity contribution < 1.29 is 19.1 Å². The minimum absolute atomic E-state index is 0.115. The van der Waals surface area contributed by atoms with Crippen LogP contribution in [0, 0.1) is 5.92 Å². The highest BCUT2D eigenvalue weighted by molar-refractivity contribution is 6.31. The Bertz CT molecular complexity index is 856. The third-order valence-electron chi connectivity index (χ3n) is 4.37. The zero-order valence-corrected chi connectivity index (χ0v) is 16.0. The van der Waals surface area contributed by atoms with Gasteiger partial charge in [0.1, 0.15) is 11.5 Å². The summed E-state index contributed by atoms with van der Waals surface area (Å²) in [7, 11) is 1.55. The largest absolute Gasteiger partial charge is 0.495 e. The molecule has 142 valence electrons. The summed E-state index contributed by atoms with van der Waals surface area (Å²) >= 11 is 6.04. The number of carbonyl (C=O) groups is 2. The molecule has 3 rings (SSSR count). The van der Waals surface area contributed by atoms with Gasteiger partial charge >= 0.3 is 0 Å². The van der Waals surface area contributed by atoms with E-state index in [4.69, 9.17) is 21.1 Å². The summed E-state index contributed by atoms with van der Waals surface area (Å²) < 4.78 is 10.9. The van der Waals surface area contributed by atoms with E-state index in [0.717, 1.165) is 0 Å². The second-order valence-corrected chi connectivity index (χ2v) is 6.58. The first-order valence-corrected chi connectivity index (χ1v) is 9.08. The number of nitrogens with one attached hydrogen (secondary N) is 1. The van der Waals surface area contributed by atoms with E-state index in [1.807, 2.05) is 19.1 Å². The molecule has 0 radical (unpaired) electrons. The van der Waals surface area contributed by atoms with E-state index in [-0.39, 0.29) is 24.8 Å². The fourth-order valence-electron chi connectivity index (χ4n) is 3.08. The van der Waals surface area contributed by atoms with E-state index in [2.05, 4.69) is 5.32 Å². The summed E-state index contributed by atoms with van der Waals surface area (Å²) in [6.07, 6.45) is 0.133. The second-order valence-electron chi connectivity index (χ2n) is 6.14. The van der Waals surface area contributed by atoms with Crippen molar-refractivity contribution in [3.05, 3.63) is 47.5 Å². The Kier molecular flexibility index (Phi) is 5.86. The maximum Gasteiger partial charge on any atom is 0.229 e. The van der Waals surface area contributed by atoms with Gasteiger partial charge in [0, 0.05) is 18.0 Å². The van der Waals surface area contributed by atoms with Crippen LogP contribution in [0.2, 0.25) is 5.02 Å². The quantitative estimate of drug-likeness (QED) is 0.818. The van der Waals surface area contributed by atoms with Gasteiger partial charge in [-0.1, -0.05) is 23.7 Å². The van der Waals surface area contributed by atoms with E-state index in [0.29, 0.717) is 34.5 Å². The van der Waals surface area contributed by atoms with E-state index in [1.54, 1.807) is 42.3 Å². The van der Waals surface area contributed by atoms with Crippen molar-refractivity contribution in [3.63, 3.8) is 0 Å². The van der Waals surface area contributed by atoms with Crippen molar-refractivity contribution in [2.75, 3.05) is 30.5 Å².